The van der Waals surface area contributed by atoms with Crippen molar-refractivity contribution in [2.24, 2.45) is 5.92 Å². The molecule has 0 saturated carbocycles. The number of nitrogens with zero attached hydrogens (tertiary/aromatic N) is 3. The first-order chi connectivity index (χ1) is 17.6. The molecule has 37 heavy (non-hydrogen) atoms. The minimum Gasteiger partial charge on any atom is -0.633 e. The molecule has 3 unspecified atom stereocenters. The van der Waals surface area contributed by atoms with Crippen LogP contribution in [0.15, 0.2) is 46.0 Å². The fraction of sp³-hybridized carbons (Fsp3) is 0.679. The third kappa shape index (κ3) is 5.49. The van der Waals surface area contributed by atoms with E-state index in [-0.39, 0.29) is 13.0 Å². The number of likely N-dealkylation sites (N-methyl/N-ethyl adjacent to an activating group) is 1. The van der Waals surface area contributed by atoms with Crippen molar-refractivity contribution in [3.63, 3.8) is 0 Å². The Balaban J connectivity index is 1.47. The summed E-state index contributed by atoms with van der Waals surface area (Å²) in [7, 11) is 3.67. The lowest BCUT2D eigenvalue weighted by atomic mass is 9.79. The van der Waals surface area contributed by atoms with Crippen LogP contribution in [0.25, 0.3) is 0 Å². The summed E-state index contributed by atoms with van der Waals surface area (Å²) in [4.78, 5) is 4.06. The second-order valence-corrected chi connectivity index (χ2v) is 11.7. The molecule has 0 radical (unpaired) electrons. The van der Waals surface area contributed by atoms with Gasteiger partial charge in [0.2, 0.25) is 6.43 Å². The summed E-state index contributed by atoms with van der Waals surface area (Å²) in [5.74, 6) is -0.549. The first-order valence-electron chi connectivity index (χ1n) is 13.9. The number of quaternary nitrogens is 1. The largest absolute Gasteiger partial charge is 0.633 e. The number of amidine groups is 1. The van der Waals surface area contributed by atoms with Gasteiger partial charge in [-0.2, -0.15) is 0 Å². The van der Waals surface area contributed by atoms with E-state index in [4.69, 9.17) is 0 Å². The van der Waals surface area contributed by atoms with Gasteiger partial charge >= 0.3 is 0 Å². The van der Waals surface area contributed by atoms with Crippen LogP contribution >= 0.6 is 0 Å². The van der Waals surface area contributed by atoms with E-state index < -0.39 is 17.0 Å². The monoisotopic (exact) mass is 516 g/mol. The van der Waals surface area contributed by atoms with Gasteiger partial charge in [-0.15, -0.1) is 0 Å². The molecular formula is C28H42F2N6O. The van der Waals surface area contributed by atoms with Crippen LogP contribution in [0.1, 0.15) is 51.9 Å². The van der Waals surface area contributed by atoms with Crippen molar-refractivity contribution >= 4 is 5.84 Å². The molecular weight excluding hydrogens is 474 g/mol. The average molecular weight is 517 g/mol. The van der Waals surface area contributed by atoms with Crippen molar-refractivity contribution in [3.05, 3.63) is 51.2 Å². The molecule has 0 aromatic carbocycles. The van der Waals surface area contributed by atoms with Crippen LogP contribution in [0, 0.1) is 16.5 Å². The topological polar surface area (TPSA) is 77.5 Å². The zero-order valence-electron chi connectivity index (χ0n) is 22.5. The zero-order valence-corrected chi connectivity index (χ0v) is 22.5. The number of piperidine rings is 1. The van der Waals surface area contributed by atoms with E-state index >= 15 is 0 Å². The van der Waals surface area contributed by atoms with Gasteiger partial charge in [-0.3, -0.25) is 5.41 Å². The molecule has 0 bridgehead atoms. The predicted molar refractivity (Wildman–Crippen MR) is 143 cm³/mol. The molecule has 1 fully saturated rings. The van der Waals surface area contributed by atoms with Crippen LogP contribution in [0.2, 0.25) is 0 Å². The maximum atomic E-state index is 14.4. The van der Waals surface area contributed by atoms with Crippen molar-refractivity contribution in [2.45, 2.75) is 70.4 Å². The van der Waals surface area contributed by atoms with Gasteiger partial charge in [0.25, 0.3) is 0 Å². The normalized spacial score (nSPS) is 31.5. The van der Waals surface area contributed by atoms with Gasteiger partial charge in [-0.25, -0.2) is 8.78 Å². The Morgan fingerprint density at radius 1 is 1.24 bits per heavy atom. The van der Waals surface area contributed by atoms with Crippen molar-refractivity contribution in [1.82, 2.24) is 20.4 Å². The lowest BCUT2D eigenvalue weighted by molar-refractivity contribution is -0.857. The number of hydrogen-bond donors (Lipinski definition) is 3. The zero-order chi connectivity index (χ0) is 26.3. The Kier molecular flexibility index (Phi) is 7.49. The summed E-state index contributed by atoms with van der Waals surface area (Å²) in [6.45, 7) is 5.40. The van der Waals surface area contributed by atoms with Gasteiger partial charge in [0.05, 0.1) is 25.1 Å². The Hall–Kier alpha value is -2.23. The van der Waals surface area contributed by atoms with E-state index in [1.165, 1.54) is 0 Å². The Bertz CT molecular complexity index is 1040. The van der Waals surface area contributed by atoms with Crippen LogP contribution in [0.5, 0.6) is 0 Å². The van der Waals surface area contributed by atoms with E-state index in [1.807, 2.05) is 24.2 Å². The summed E-state index contributed by atoms with van der Waals surface area (Å²) in [5, 5.41) is 29.4. The van der Waals surface area contributed by atoms with E-state index in [1.54, 1.807) is 7.05 Å². The molecule has 5 rings (SSSR count). The minimum atomic E-state index is -2.46. The van der Waals surface area contributed by atoms with Gasteiger partial charge in [0.15, 0.2) is 0 Å². The maximum Gasteiger partial charge on any atom is 0.245 e. The summed E-state index contributed by atoms with van der Waals surface area (Å²) in [6, 6.07) is 0.645. The molecule has 4 aliphatic heterocycles. The second-order valence-electron chi connectivity index (χ2n) is 11.7. The van der Waals surface area contributed by atoms with E-state index in [0.29, 0.717) is 37.4 Å². The first-order valence-corrected chi connectivity index (χ1v) is 13.9. The number of hydrogen-bond acceptors (Lipinski definition) is 5. The molecule has 4 heterocycles. The van der Waals surface area contributed by atoms with Gasteiger partial charge < -0.3 is 30.3 Å². The highest BCUT2D eigenvalue weighted by Crippen LogP contribution is 2.44. The second kappa shape index (κ2) is 10.5. The van der Waals surface area contributed by atoms with E-state index in [9.17, 15) is 19.4 Å². The van der Waals surface area contributed by atoms with E-state index in [2.05, 4.69) is 22.5 Å². The van der Waals surface area contributed by atoms with E-state index in [0.717, 1.165) is 78.9 Å². The standard InChI is InChI=1S/C28H42F2N6O/c1-18-13-20(16-34(18)2)22-14-19-5-4-11-35(26(19)15-23(22)27(29)30)28(31)24-17-36(3,37)12-8-25(24)33-21-6-9-32-10-7-21/h14,16,18,21,23,27,31-33H,4-13,15,17H2,1-3H3. The summed E-state index contributed by atoms with van der Waals surface area (Å²) < 4.78 is 28.5. The smallest absolute Gasteiger partial charge is 0.245 e. The van der Waals surface area contributed by atoms with Crippen molar-refractivity contribution in [1.29, 1.82) is 5.41 Å². The first kappa shape index (κ1) is 26.4. The molecule has 0 aromatic heterocycles. The SMILES string of the molecule is CC1CC(C2=CC3=C(CC2C(F)F)N(C(=N)C2=C(NC4CCNCC4)CC[N+](C)([O-])C2)CCC3)=CN1C. The molecule has 0 aromatic rings. The number of alkyl halides is 2. The number of halogens is 2. The van der Waals surface area contributed by atoms with Crippen molar-refractivity contribution < 1.29 is 13.4 Å². The van der Waals surface area contributed by atoms with Gasteiger partial charge in [0, 0.05) is 56.1 Å². The molecule has 3 atom stereocenters. The molecule has 204 valence electrons. The number of allylic oxidation sites excluding steroid dienone is 4. The summed E-state index contributed by atoms with van der Waals surface area (Å²) >= 11 is 0. The van der Waals surface area contributed by atoms with Crippen LogP contribution < -0.4 is 10.6 Å². The van der Waals surface area contributed by atoms with Crippen LogP contribution in [0.3, 0.4) is 0 Å². The van der Waals surface area contributed by atoms with Gasteiger partial charge in [-0.1, -0.05) is 6.08 Å². The molecule has 1 saturated heterocycles. The minimum absolute atomic E-state index is 0.238. The van der Waals surface area contributed by atoms with Crippen LogP contribution in [-0.4, -0.2) is 85.6 Å². The third-order valence-electron chi connectivity index (χ3n) is 8.88. The number of rotatable bonds is 5. The molecule has 1 aliphatic carbocycles. The average Bonchev–Trinajstić information content (AvgIpc) is 3.21. The number of hydroxylamine groups is 3. The lowest BCUT2D eigenvalue weighted by Gasteiger charge is -2.46. The fourth-order valence-electron chi connectivity index (χ4n) is 6.53. The van der Waals surface area contributed by atoms with Crippen LogP contribution in [-0.2, 0) is 0 Å². The predicted octanol–water partition coefficient (Wildman–Crippen LogP) is 4.08. The number of nitrogens with one attached hydrogen (secondary N) is 3. The molecule has 9 heteroatoms. The lowest BCUT2D eigenvalue weighted by Crippen LogP contribution is -2.50. The van der Waals surface area contributed by atoms with Gasteiger partial charge in [-0.05, 0) is 68.8 Å². The maximum absolute atomic E-state index is 14.4. The van der Waals surface area contributed by atoms with Crippen molar-refractivity contribution in [3.8, 4) is 0 Å². The highest BCUT2D eigenvalue weighted by Gasteiger charge is 2.39. The summed E-state index contributed by atoms with van der Waals surface area (Å²) in [6.07, 6.45) is 6.94. The molecule has 5 aliphatic rings. The Morgan fingerprint density at radius 2 is 2.00 bits per heavy atom. The molecule has 0 amide bonds. The van der Waals surface area contributed by atoms with Crippen molar-refractivity contribution in [2.75, 3.05) is 46.8 Å². The summed E-state index contributed by atoms with van der Waals surface area (Å²) in [5.41, 5.74) is 5.48. The molecule has 7 nitrogen and oxygen atoms in total. The third-order valence-corrected chi connectivity index (χ3v) is 8.88. The molecule has 3 N–H and O–H groups in total. The van der Waals surface area contributed by atoms with Crippen LogP contribution in [0.4, 0.5) is 8.78 Å². The molecule has 0 spiro atoms. The highest BCUT2D eigenvalue weighted by atomic mass is 19.3. The Morgan fingerprint density at radius 3 is 2.68 bits per heavy atom. The fourth-order valence-corrected chi connectivity index (χ4v) is 6.53. The highest BCUT2D eigenvalue weighted by molar-refractivity contribution is 5.98. The quantitative estimate of drug-likeness (QED) is 0.222. The van der Waals surface area contributed by atoms with Gasteiger partial charge in [0.1, 0.15) is 12.4 Å². The Labute approximate surface area is 219 Å².